The van der Waals surface area contributed by atoms with Gasteiger partial charge in [-0.25, -0.2) is 17.9 Å². The molecule has 134 valence electrons. The van der Waals surface area contributed by atoms with Gasteiger partial charge in [-0.1, -0.05) is 12.1 Å². The molecule has 0 aliphatic rings. The Bertz CT molecular complexity index is 1060. The van der Waals surface area contributed by atoms with Crippen molar-refractivity contribution >= 4 is 22.0 Å². The minimum absolute atomic E-state index is 0.143. The van der Waals surface area contributed by atoms with Crippen LogP contribution in [-0.4, -0.2) is 33.3 Å². The molecular weight excluding hydrogens is 356 g/mol. The topological polar surface area (TPSA) is 106 Å². The van der Waals surface area contributed by atoms with Crippen molar-refractivity contribution < 1.29 is 18.4 Å². The summed E-state index contributed by atoms with van der Waals surface area (Å²) in [5.74, 6) is -0.702. The van der Waals surface area contributed by atoms with Crippen LogP contribution in [0.15, 0.2) is 66.1 Å². The summed E-state index contributed by atoms with van der Waals surface area (Å²) in [7, 11) is -1.93. The van der Waals surface area contributed by atoms with Crippen LogP contribution in [0.5, 0.6) is 0 Å². The monoisotopic (exact) mass is 372 g/mol. The standard InChI is InChI=1S/C17H16N4O4S/c1-20-12-15(10-18-20)14-3-5-16(6-4-14)26(24,25)21-9-8-13(11-21)2-7-17(22)19-23/h2-12,23H,1H3,(H,19,22). The molecule has 0 aliphatic carbocycles. The third-order valence-corrected chi connectivity index (χ3v) is 5.35. The van der Waals surface area contributed by atoms with Gasteiger partial charge >= 0.3 is 0 Å². The Balaban J connectivity index is 1.85. The van der Waals surface area contributed by atoms with Gasteiger partial charge in [0.1, 0.15) is 0 Å². The number of rotatable bonds is 5. The molecule has 2 aromatic heterocycles. The highest BCUT2D eigenvalue weighted by molar-refractivity contribution is 7.90. The SMILES string of the molecule is Cn1cc(-c2ccc(S(=O)(=O)n3ccc(C=CC(=O)NO)c3)cc2)cn1. The molecule has 0 atom stereocenters. The number of hydrogen-bond acceptors (Lipinski definition) is 5. The zero-order chi connectivity index (χ0) is 18.7. The molecule has 0 radical (unpaired) electrons. The second kappa shape index (κ2) is 6.98. The van der Waals surface area contributed by atoms with Gasteiger partial charge in [0, 0.05) is 37.3 Å². The summed E-state index contributed by atoms with van der Waals surface area (Å²) in [5, 5.41) is 12.5. The van der Waals surface area contributed by atoms with Gasteiger partial charge in [-0.15, -0.1) is 0 Å². The maximum atomic E-state index is 12.7. The van der Waals surface area contributed by atoms with Crippen LogP contribution in [0.4, 0.5) is 0 Å². The van der Waals surface area contributed by atoms with Crippen LogP contribution in [-0.2, 0) is 21.9 Å². The molecular formula is C17H16N4O4S. The molecule has 0 fully saturated rings. The van der Waals surface area contributed by atoms with Gasteiger partial charge < -0.3 is 0 Å². The quantitative estimate of drug-likeness (QED) is 0.402. The van der Waals surface area contributed by atoms with Gasteiger partial charge in [0.25, 0.3) is 15.9 Å². The van der Waals surface area contributed by atoms with Crippen molar-refractivity contribution in [1.29, 1.82) is 0 Å². The number of nitrogens with zero attached hydrogens (tertiary/aromatic N) is 3. The summed E-state index contributed by atoms with van der Waals surface area (Å²) in [6.45, 7) is 0. The van der Waals surface area contributed by atoms with Gasteiger partial charge in [-0.05, 0) is 35.4 Å². The first kappa shape index (κ1) is 17.6. The van der Waals surface area contributed by atoms with Crippen LogP contribution in [0, 0.1) is 0 Å². The maximum Gasteiger partial charge on any atom is 0.267 e. The lowest BCUT2D eigenvalue weighted by atomic mass is 10.1. The first-order valence-electron chi connectivity index (χ1n) is 7.55. The molecule has 0 spiro atoms. The molecule has 9 heteroatoms. The van der Waals surface area contributed by atoms with E-state index in [0.717, 1.165) is 21.2 Å². The minimum atomic E-state index is -3.74. The van der Waals surface area contributed by atoms with E-state index in [-0.39, 0.29) is 4.90 Å². The summed E-state index contributed by atoms with van der Waals surface area (Å²) in [6, 6.07) is 8.06. The smallest absolute Gasteiger partial charge is 0.267 e. The number of benzene rings is 1. The Morgan fingerprint density at radius 2 is 1.88 bits per heavy atom. The summed E-state index contributed by atoms with van der Waals surface area (Å²) in [5.41, 5.74) is 3.72. The number of aromatic nitrogens is 3. The number of aryl methyl sites for hydroxylation is 1. The summed E-state index contributed by atoms with van der Waals surface area (Å²) < 4.78 is 28.1. The van der Waals surface area contributed by atoms with E-state index in [1.807, 2.05) is 13.2 Å². The van der Waals surface area contributed by atoms with E-state index in [1.165, 1.54) is 36.1 Å². The van der Waals surface area contributed by atoms with Crippen LogP contribution in [0.25, 0.3) is 17.2 Å². The highest BCUT2D eigenvalue weighted by atomic mass is 32.2. The molecule has 1 amide bonds. The number of amides is 1. The Morgan fingerprint density at radius 3 is 2.50 bits per heavy atom. The van der Waals surface area contributed by atoms with Gasteiger partial charge in [0.15, 0.2) is 0 Å². The fraction of sp³-hybridized carbons (Fsp3) is 0.0588. The fourth-order valence-electron chi connectivity index (χ4n) is 2.36. The molecule has 0 saturated carbocycles. The molecule has 0 unspecified atom stereocenters. The van der Waals surface area contributed by atoms with E-state index >= 15 is 0 Å². The minimum Gasteiger partial charge on any atom is -0.288 e. The predicted molar refractivity (Wildman–Crippen MR) is 94.6 cm³/mol. The lowest BCUT2D eigenvalue weighted by Crippen LogP contribution is -2.14. The van der Waals surface area contributed by atoms with Crippen molar-refractivity contribution in [2.45, 2.75) is 4.90 Å². The van der Waals surface area contributed by atoms with Gasteiger partial charge in [-0.3, -0.25) is 14.7 Å². The van der Waals surface area contributed by atoms with E-state index in [0.29, 0.717) is 5.56 Å². The van der Waals surface area contributed by atoms with Gasteiger partial charge in [0.05, 0.1) is 11.1 Å². The van der Waals surface area contributed by atoms with Gasteiger partial charge in [-0.2, -0.15) is 5.10 Å². The molecule has 0 saturated heterocycles. The van der Waals surface area contributed by atoms with Crippen LogP contribution in [0.1, 0.15) is 5.56 Å². The number of carbonyl (C=O) groups is 1. The predicted octanol–water partition coefficient (Wildman–Crippen LogP) is 1.64. The van der Waals surface area contributed by atoms with Crippen molar-refractivity contribution in [2.75, 3.05) is 0 Å². The Hall–Kier alpha value is -3.17. The highest BCUT2D eigenvalue weighted by Gasteiger charge is 2.16. The first-order chi connectivity index (χ1) is 12.4. The lowest BCUT2D eigenvalue weighted by Gasteiger charge is -2.06. The molecule has 0 bridgehead atoms. The fourth-order valence-corrected chi connectivity index (χ4v) is 3.57. The molecule has 2 N–H and O–H groups in total. The molecule has 8 nitrogen and oxygen atoms in total. The van der Waals surface area contributed by atoms with Crippen molar-refractivity contribution in [3.63, 3.8) is 0 Å². The van der Waals surface area contributed by atoms with Crippen molar-refractivity contribution in [3.05, 3.63) is 66.8 Å². The Morgan fingerprint density at radius 1 is 1.15 bits per heavy atom. The normalized spacial score (nSPS) is 11.8. The van der Waals surface area contributed by atoms with Gasteiger partial charge in [0.2, 0.25) is 0 Å². The van der Waals surface area contributed by atoms with E-state index in [1.54, 1.807) is 29.1 Å². The average molecular weight is 372 g/mol. The van der Waals surface area contributed by atoms with Crippen LogP contribution in [0.2, 0.25) is 0 Å². The maximum absolute atomic E-state index is 12.7. The first-order valence-corrected chi connectivity index (χ1v) is 8.99. The van der Waals surface area contributed by atoms with E-state index < -0.39 is 15.9 Å². The zero-order valence-corrected chi connectivity index (χ0v) is 14.6. The molecule has 3 rings (SSSR count). The largest absolute Gasteiger partial charge is 0.288 e. The Kier molecular flexibility index (Phi) is 4.74. The number of nitrogens with one attached hydrogen (secondary N) is 1. The third kappa shape index (κ3) is 3.58. The number of hydroxylamine groups is 1. The summed E-state index contributed by atoms with van der Waals surface area (Å²) >= 11 is 0. The Labute approximate surface area is 150 Å². The molecule has 3 aromatic rings. The lowest BCUT2D eigenvalue weighted by molar-refractivity contribution is -0.124. The van der Waals surface area contributed by atoms with Crippen LogP contribution >= 0.6 is 0 Å². The van der Waals surface area contributed by atoms with Crippen LogP contribution < -0.4 is 5.48 Å². The van der Waals surface area contributed by atoms with E-state index in [4.69, 9.17) is 5.21 Å². The van der Waals surface area contributed by atoms with E-state index in [9.17, 15) is 13.2 Å². The summed E-state index contributed by atoms with van der Waals surface area (Å²) in [6.07, 6.45) is 8.80. The molecule has 1 aromatic carbocycles. The second-order valence-electron chi connectivity index (χ2n) is 5.52. The number of carbonyl (C=O) groups excluding carboxylic acids is 1. The second-order valence-corrected chi connectivity index (χ2v) is 7.36. The molecule has 26 heavy (non-hydrogen) atoms. The number of hydrogen-bond donors (Lipinski definition) is 2. The zero-order valence-electron chi connectivity index (χ0n) is 13.8. The van der Waals surface area contributed by atoms with Crippen molar-refractivity contribution in [1.82, 2.24) is 19.2 Å². The molecule has 2 heterocycles. The average Bonchev–Trinajstić information content (AvgIpc) is 3.29. The van der Waals surface area contributed by atoms with Crippen molar-refractivity contribution in [3.8, 4) is 11.1 Å². The highest BCUT2D eigenvalue weighted by Crippen LogP contribution is 2.22. The summed E-state index contributed by atoms with van der Waals surface area (Å²) in [4.78, 5) is 11.1. The van der Waals surface area contributed by atoms with E-state index in [2.05, 4.69) is 5.10 Å². The third-order valence-electron chi connectivity index (χ3n) is 3.70. The molecule has 0 aliphatic heterocycles. The van der Waals surface area contributed by atoms with Crippen LogP contribution in [0.3, 0.4) is 0 Å². The van der Waals surface area contributed by atoms with Crippen molar-refractivity contribution in [2.24, 2.45) is 7.05 Å².